The van der Waals surface area contributed by atoms with Crippen LogP contribution in [0.2, 0.25) is 0 Å². The van der Waals surface area contributed by atoms with E-state index in [2.05, 4.69) is 10.5 Å². The van der Waals surface area contributed by atoms with Crippen LogP contribution >= 0.6 is 0 Å². The maximum absolute atomic E-state index is 12.6. The molecule has 2 heterocycles. The number of hydrogen-bond acceptors (Lipinski definition) is 5. The lowest BCUT2D eigenvalue weighted by Gasteiger charge is -2.23. The summed E-state index contributed by atoms with van der Waals surface area (Å²) in [6.45, 7) is 4.69. The van der Waals surface area contributed by atoms with Crippen molar-refractivity contribution in [3.8, 4) is 0 Å². The second-order valence-corrected chi connectivity index (χ2v) is 6.33. The van der Waals surface area contributed by atoms with E-state index < -0.39 is 0 Å². The minimum absolute atomic E-state index is 0.0840. The van der Waals surface area contributed by atoms with Gasteiger partial charge in [-0.3, -0.25) is 4.79 Å². The molecule has 1 aromatic heterocycles. The van der Waals surface area contributed by atoms with Crippen LogP contribution in [0.25, 0.3) is 0 Å². The Morgan fingerprint density at radius 1 is 1.35 bits per heavy atom. The van der Waals surface area contributed by atoms with E-state index in [1.807, 2.05) is 25.1 Å². The van der Waals surface area contributed by atoms with Crippen molar-refractivity contribution in [2.24, 2.45) is 0 Å². The molecule has 1 aliphatic heterocycles. The van der Waals surface area contributed by atoms with Crippen LogP contribution in [0.1, 0.15) is 42.8 Å². The molecule has 0 unspecified atom stereocenters. The highest BCUT2D eigenvalue weighted by atomic mass is 16.5. The third-order valence-electron chi connectivity index (χ3n) is 4.35. The number of nitrogens with zero attached hydrogens (tertiary/aromatic N) is 2. The fourth-order valence-corrected chi connectivity index (χ4v) is 3.13. The predicted octanol–water partition coefficient (Wildman–Crippen LogP) is 3.46. The third-order valence-corrected chi connectivity index (χ3v) is 4.35. The number of ether oxygens (including phenoxy) is 1. The van der Waals surface area contributed by atoms with Gasteiger partial charge in [0.25, 0.3) is 0 Å². The SMILES string of the molecule is CCOC(=O)Cc1ccc(NC(=O)N2CCC[C@H]2c2cc(C)no2)cc1. The molecule has 1 N–H and O–H groups in total. The molecule has 0 radical (unpaired) electrons. The molecule has 0 saturated carbocycles. The quantitative estimate of drug-likeness (QED) is 0.829. The van der Waals surface area contributed by atoms with Gasteiger partial charge in [-0.05, 0) is 44.4 Å². The van der Waals surface area contributed by atoms with Gasteiger partial charge < -0.3 is 19.5 Å². The average Bonchev–Trinajstić information content (AvgIpc) is 3.25. The Morgan fingerprint density at radius 2 is 2.12 bits per heavy atom. The molecule has 138 valence electrons. The van der Waals surface area contributed by atoms with E-state index in [4.69, 9.17) is 9.26 Å². The molecular formula is C19H23N3O4. The first-order valence-corrected chi connectivity index (χ1v) is 8.82. The molecule has 3 rings (SSSR count). The zero-order valence-electron chi connectivity index (χ0n) is 15.0. The number of aromatic nitrogens is 1. The van der Waals surface area contributed by atoms with Crippen molar-refractivity contribution in [1.29, 1.82) is 0 Å². The van der Waals surface area contributed by atoms with Gasteiger partial charge in [-0.15, -0.1) is 0 Å². The number of benzene rings is 1. The van der Waals surface area contributed by atoms with Gasteiger partial charge >= 0.3 is 12.0 Å². The Balaban J connectivity index is 1.61. The van der Waals surface area contributed by atoms with Gasteiger partial charge in [-0.1, -0.05) is 17.3 Å². The molecule has 1 aliphatic rings. The van der Waals surface area contributed by atoms with Gasteiger partial charge in [0.15, 0.2) is 5.76 Å². The molecule has 0 bridgehead atoms. The number of carbonyl (C=O) groups excluding carboxylic acids is 2. The number of likely N-dealkylation sites (tertiary alicyclic amines) is 1. The molecule has 7 nitrogen and oxygen atoms in total. The molecule has 7 heteroatoms. The molecule has 2 aromatic rings. The number of esters is 1. The molecule has 0 aliphatic carbocycles. The highest BCUT2D eigenvalue weighted by molar-refractivity contribution is 5.89. The first-order valence-electron chi connectivity index (χ1n) is 8.82. The summed E-state index contributed by atoms with van der Waals surface area (Å²) < 4.78 is 10.3. The molecule has 1 saturated heterocycles. The number of anilines is 1. The summed E-state index contributed by atoms with van der Waals surface area (Å²) in [5.74, 6) is 0.464. The highest BCUT2D eigenvalue weighted by Gasteiger charge is 2.32. The van der Waals surface area contributed by atoms with Crippen LogP contribution < -0.4 is 5.32 Å². The number of amides is 2. The van der Waals surface area contributed by atoms with Gasteiger partial charge in [-0.2, -0.15) is 0 Å². The average molecular weight is 357 g/mol. The lowest BCUT2D eigenvalue weighted by molar-refractivity contribution is -0.142. The Morgan fingerprint density at radius 3 is 2.77 bits per heavy atom. The van der Waals surface area contributed by atoms with Crippen molar-refractivity contribution in [2.45, 2.75) is 39.2 Å². The van der Waals surface area contributed by atoms with Gasteiger partial charge in [0.1, 0.15) is 0 Å². The van der Waals surface area contributed by atoms with Crippen LogP contribution in [-0.4, -0.2) is 35.2 Å². The third kappa shape index (κ3) is 4.22. The summed E-state index contributed by atoms with van der Waals surface area (Å²) in [6.07, 6.45) is 2.01. The highest BCUT2D eigenvalue weighted by Crippen LogP contribution is 2.32. The fraction of sp³-hybridized carbons (Fsp3) is 0.421. The number of carbonyl (C=O) groups is 2. The van der Waals surface area contributed by atoms with Crippen molar-refractivity contribution in [3.63, 3.8) is 0 Å². The van der Waals surface area contributed by atoms with E-state index in [1.165, 1.54) is 0 Å². The predicted molar refractivity (Wildman–Crippen MR) is 95.7 cm³/mol. The summed E-state index contributed by atoms with van der Waals surface area (Å²) >= 11 is 0. The lowest BCUT2D eigenvalue weighted by Crippen LogP contribution is -2.34. The maximum Gasteiger partial charge on any atom is 0.322 e. The van der Waals surface area contributed by atoms with E-state index in [0.29, 0.717) is 18.8 Å². The minimum atomic E-state index is -0.258. The van der Waals surface area contributed by atoms with Crippen LogP contribution in [-0.2, 0) is 16.0 Å². The largest absolute Gasteiger partial charge is 0.466 e. The van der Waals surface area contributed by atoms with Crippen LogP contribution in [0.4, 0.5) is 10.5 Å². The zero-order chi connectivity index (χ0) is 18.5. The van der Waals surface area contributed by atoms with E-state index in [0.717, 1.165) is 29.9 Å². The van der Waals surface area contributed by atoms with Gasteiger partial charge in [0.2, 0.25) is 0 Å². The first kappa shape index (κ1) is 18.0. The number of nitrogens with one attached hydrogen (secondary N) is 1. The van der Waals surface area contributed by atoms with Crippen LogP contribution in [0.15, 0.2) is 34.9 Å². The summed E-state index contributed by atoms with van der Waals surface area (Å²) in [5, 5.41) is 6.82. The molecule has 0 spiro atoms. The Kier molecular flexibility index (Phi) is 5.55. The summed E-state index contributed by atoms with van der Waals surface area (Å²) in [7, 11) is 0. The second-order valence-electron chi connectivity index (χ2n) is 6.33. The lowest BCUT2D eigenvalue weighted by atomic mass is 10.1. The standard InChI is InChI=1S/C19H23N3O4/c1-3-25-18(23)12-14-6-8-15(9-7-14)20-19(24)22-10-4-5-16(22)17-11-13(2)21-26-17/h6-9,11,16H,3-5,10,12H2,1-2H3,(H,20,24)/t16-/m0/s1. The van der Waals surface area contributed by atoms with Crippen LogP contribution in [0.5, 0.6) is 0 Å². The van der Waals surface area contributed by atoms with E-state index in [-0.39, 0.29) is 24.5 Å². The molecular weight excluding hydrogens is 334 g/mol. The van der Waals surface area contributed by atoms with E-state index in [9.17, 15) is 9.59 Å². The molecule has 1 fully saturated rings. The molecule has 1 aromatic carbocycles. The van der Waals surface area contributed by atoms with E-state index >= 15 is 0 Å². The smallest absolute Gasteiger partial charge is 0.322 e. The maximum atomic E-state index is 12.6. The van der Waals surface area contributed by atoms with Gasteiger partial charge in [-0.25, -0.2) is 4.79 Å². The number of aryl methyl sites for hydroxylation is 1. The summed E-state index contributed by atoms with van der Waals surface area (Å²) in [5.41, 5.74) is 2.34. The summed E-state index contributed by atoms with van der Waals surface area (Å²) in [6, 6.07) is 8.83. The Bertz CT molecular complexity index is 769. The number of hydrogen-bond donors (Lipinski definition) is 1. The molecule has 26 heavy (non-hydrogen) atoms. The fourth-order valence-electron chi connectivity index (χ4n) is 3.13. The van der Waals surface area contributed by atoms with Crippen LogP contribution in [0, 0.1) is 6.92 Å². The van der Waals surface area contributed by atoms with E-state index in [1.54, 1.807) is 24.0 Å². The van der Waals surface area contributed by atoms with Gasteiger partial charge in [0.05, 0.1) is 24.8 Å². The van der Waals surface area contributed by atoms with Crippen molar-refractivity contribution < 1.29 is 18.8 Å². The minimum Gasteiger partial charge on any atom is -0.466 e. The Hall–Kier alpha value is -2.83. The Labute approximate surface area is 152 Å². The molecule has 2 amide bonds. The van der Waals surface area contributed by atoms with Crippen molar-refractivity contribution >= 4 is 17.7 Å². The first-order chi connectivity index (χ1) is 12.6. The topological polar surface area (TPSA) is 84.7 Å². The van der Waals surface area contributed by atoms with Crippen molar-refractivity contribution in [1.82, 2.24) is 10.1 Å². The number of rotatable bonds is 5. The second kappa shape index (κ2) is 8.03. The monoisotopic (exact) mass is 357 g/mol. The zero-order valence-corrected chi connectivity index (χ0v) is 15.0. The number of urea groups is 1. The van der Waals surface area contributed by atoms with Crippen molar-refractivity contribution in [3.05, 3.63) is 47.3 Å². The normalized spacial score (nSPS) is 16.5. The van der Waals surface area contributed by atoms with Crippen molar-refractivity contribution in [2.75, 3.05) is 18.5 Å². The molecule has 1 atom stereocenters. The van der Waals surface area contributed by atoms with Crippen LogP contribution in [0.3, 0.4) is 0 Å². The van der Waals surface area contributed by atoms with Gasteiger partial charge in [0, 0.05) is 18.3 Å². The summed E-state index contributed by atoms with van der Waals surface area (Å²) in [4.78, 5) is 25.9.